The van der Waals surface area contributed by atoms with Crippen molar-refractivity contribution in [2.75, 3.05) is 19.6 Å². The minimum absolute atomic E-state index is 0.171. The smallest absolute Gasteiger partial charge is 0.294 e. The number of likely N-dealkylation sites (tertiary alicyclic amines) is 1. The van der Waals surface area contributed by atoms with Crippen molar-refractivity contribution in [1.82, 2.24) is 9.80 Å². The van der Waals surface area contributed by atoms with Gasteiger partial charge in [0.15, 0.2) is 0 Å². The lowest BCUT2D eigenvalue weighted by molar-refractivity contribution is -0.136. The van der Waals surface area contributed by atoms with E-state index in [1.165, 1.54) is 0 Å². The van der Waals surface area contributed by atoms with Gasteiger partial charge in [-0.1, -0.05) is 35.9 Å². The second kappa shape index (κ2) is 10.2. The van der Waals surface area contributed by atoms with Crippen molar-refractivity contribution in [3.63, 3.8) is 0 Å². The van der Waals surface area contributed by atoms with Gasteiger partial charge in [-0.2, -0.15) is 0 Å². The third-order valence-corrected chi connectivity index (χ3v) is 6.53. The highest BCUT2D eigenvalue weighted by Gasteiger charge is 2.37. The Bertz CT molecular complexity index is 1030. The van der Waals surface area contributed by atoms with Crippen LogP contribution >= 0.6 is 23.4 Å². The summed E-state index contributed by atoms with van der Waals surface area (Å²) in [6.45, 7) is 1.61. The van der Waals surface area contributed by atoms with Gasteiger partial charge < -0.3 is 9.64 Å². The number of hydrogen-bond donors (Lipinski definition) is 0. The second-order valence-electron chi connectivity index (χ2n) is 7.69. The molecule has 0 aliphatic carbocycles. The summed E-state index contributed by atoms with van der Waals surface area (Å²) in [5.74, 6) is 0.0983. The fourth-order valence-electron chi connectivity index (χ4n) is 3.57. The highest BCUT2D eigenvalue weighted by molar-refractivity contribution is 8.18. The summed E-state index contributed by atoms with van der Waals surface area (Å²) in [7, 11) is 0. The van der Waals surface area contributed by atoms with E-state index < -0.39 is 11.1 Å². The Balaban J connectivity index is 1.35. The SMILES string of the molecule is O=C(CN1C(=O)S/C(=C/c2ccc(OCc3ccc(Cl)cc3)cc2)C1=O)N1CCCCC1. The quantitative estimate of drug-likeness (QED) is 0.558. The van der Waals surface area contributed by atoms with Crippen molar-refractivity contribution in [3.8, 4) is 5.75 Å². The fraction of sp³-hybridized carbons (Fsp3) is 0.292. The molecule has 166 valence electrons. The average Bonchev–Trinajstić information content (AvgIpc) is 3.07. The molecule has 0 N–H and O–H groups in total. The van der Waals surface area contributed by atoms with Crippen molar-refractivity contribution in [2.45, 2.75) is 25.9 Å². The minimum Gasteiger partial charge on any atom is -0.489 e. The van der Waals surface area contributed by atoms with Crippen LogP contribution in [0, 0.1) is 0 Å². The first-order chi connectivity index (χ1) is 15.5. The van der Waals surface area contributed by atoms with Crippen LogP contribution in [0.25, 0.3) is 6.08 Å². The van der Waals surface area contributed by atoms with E-state index >= 15 is 0 Å². The van der Waals surface area contributed by atoms with E-state index in [1.54, 1.807) is 11.0 Å². The van der Waals surface area contributed by atoms with Gasteiger partial charge in [0.1, 0.15) is 18.9 Å². The number of carbonyl (C=O) groups is 3. The fourth-order valence-corrected chi connectivity index (χ4v) is 4.54. The topological polar surface area (TPSA) is 66.9 Å². The number of benzene rings is 2. The van der Waals surface area contributed by atoms with Gasteiger partial charge >= 0.3 is 0 Å². The number of thioether (sulfide) groups is 1. The van der Waals surface area contributed by atoms with Crippen molar-refractivity contribution < 1.29 is 19.1 Å². The Kier molecular flexibility index (Phi) is 7.17. The Hall–Kier alpha value is -2.77. The van der Waals surface area contributed by atoms with Gasteiger partial charge in [0.2, 0.25) is 5.91 Å². The summed E-state index contributed by atoms with van der Waals surface area (Å²) in [6.07, 6.45) is 4.71. The maximum absolute atomic E-state index is 12.7. The van der Waals surface area contributed by atoms with E-state index in [4.69, 9.17) is 16.3 Å². The number of ether oxygens (including phenoxy) is 1. The third kappa shape index (κ3) is 5.53. The second-order valence-corrected chi connectivity index (χ2v) is 9.12. The maximum atomic E-state index is 12.7. The molecule has 2 saturated heterocycles. The van der Waals surface area contributed by atoms with Gasteiger partial charge in [-0.25, -0.2) is 0 Å². The van der Waals surface area contributed by atoms with Crippen LogP contribution in [-0.2, 0) is 16.2 Å². The highest BCUT2D eigenvalue weighted by Crippen LogP contribution is 2.32. The maximum Gasteiger partial charge on any atom is 0.294 e. The van der Waals surface area contributed by atoms with Gasteiger partial charge in [-0.3, -0.25) is 19.3 Å². The predicted molar refractivity (Wildman–Crippen MR) is 125 cm³/mol. The average molecular weight is 471 g/mol. The van der Waals surface area contributed by atoms with Gasteiger partial charge in [0, 0.05) is 18.1 Å². The van der Waals surface area contributed by atoms with Crippen LogP contribution in [0.4, 0.5) is 4.79 Å². The molecule has 2 aliphatic heterocycles. The number of halogens is 1. The molecule has 0 atom stereocenters. The molecule has 2 aliphatic rings. The summed E-state index contributed by atoms with van der Waals surface area (Å²) in [4.78, 5) is 40.6. The first kappa shape index (κ1) is 22.4. The molecule has 4 rings (SSSR count). The molecular weight excluding hydrogens is 448 g/mol. The molecule has 8 heteroatoms. The van der Waals surface area contributed by atoms with Gasteiger partial charge in [0.25, 0.3) is 11.1 Å². The lowest BCUT2D eigenvalue weighted by Crippen LogP contribution is -2.44. The summed E-state index contributed by atoms with van der Waals surface area (Å²) in [5.41, 5.74) is 1.78. The van der Waals surface area contributed by atoms with Crippen LogP contribution in [0.2, 0.25) is 5.02 Å². The molecule has 2 aromatic rings. The lowest BCUT2D eigenvalue weighted by Gasteiger charge is -2.27. The van der Waals surface area contributed by atoms with Gasteiger partial charge in [-0.05, 0) is 72.5 Å². The first-order valence-corrected chi connectivity index (χ1v) is 11.7. The largest absolute Gasteiger partial charge is 0.489 e. The van der Waals surface area contributed by atoms with Crippen molar-refractivity contribution >= 4 is 46.5 Å². The normalized spacial score (nSPS) is 17.8. The number of hydrogen-bond acceptors (Lipinski definition) is 5. The van der Waals surface area contributed by atoms with Crippen molar-refractivity contribution in [2.24, 2.45) is 0 Å². The molecule has 3 amide bonds. The molecule has 2 fully saturated rings. The van der Waals surface area contributed by atoms with E-state index in [0.29, 0.717) is 35.4 Å². The molecule has 0 aromatic heterocycles. The molecule has 0 saturated carbocycles. The Labute approximate surface area is 196 Å². The van der Waals surface area contributed by atoms with Gasteiger partial charge in [0.05, 0.1) is 4.91 Å². The summed E-state index contributed by atoms with van der Waals surface area (Å²) >= 11 is 6.75. The number of carbonyl (C=O) groups excluding carboxylic acids is 3. The van der Waals surface area contributed by atoms with E-state index in [1.807, 2.05) is 48.5 Å². The monoisotopic (exact) mass is 470 g/mol. The molecule has 6 nitrogen and oxygen atoms in total. The zero-order valence-electron chi connectivity index (χ0n) is 17.5. The van der Waals surface area contributed by atoms with E-state index in [2.05, 4.69) is 0 Å². The zero-order chi connectivity index (χ0) is 22.5. The number of amides is 3. The summed E-state index contributed by atoms with van der Waals surface area (Å²) in [5, 5.41) is 0.271. The number of piperidine rings is 1. The Morgan fingerprint density at radius 1 is 1.00 bits per heavy atom. The predicted octanol–water partition coefficient (Wildman–Crippen LogP) is 4.97. The Morgan fingerprint density at radius 2 is 1.69 bits per heavy atom. The van der Waals surface area contributed by atoms with Crippen LogP contribution in [0.5, 0.6) is 5.75 Å². The van der Waals surface area contributed by atoms with Crippen LogP contribution < -0.4 is 4.74 Å². The summed E-state index contributed by atoms with van der Waals surface area (Å²) < 4.78 is 5.77. The van der Waals surface area contributed by atoms with E-state index in [-0.39, 0.29) is 12.5 Å². The third-order valence-electron chi connectivity index (χ3n) is 5.37. The van der Waals surface area contributed by atoms with Crippen LogP contribution in [0.1, 0.15) is 30.4 Å². The standard InChI is InChI=1S/C24H23ClN2O4S/c25-19-8-4-18(5-9-19)16-31-20-10-6-17(7-11-20)14-21-23(29)27(24(30)32-21)15-22(28)26-12-2-1-3-13-26/h4-11,14H,1-3,12-13,15-16H2/b21-14+. The van der Waals surface area contributed by atoms with E-state index in [0.717, 1.165) is 47.1 Å². The molecule has 0 radical (unpaired) electrons. The summed E-state index contributed by atoms with van der Waals surface area (Å²) in [6, 6.07) is 14.7. The molecule has 2 heterocycles. The minimum atomic E-state index is -0.423. The zero-order valence-corrected chi connectivity index (χ0v) is 19.0. The van der Waals surface area contributed by atoms with Gasteiger partial charge in [-0.15, -0.1) is 0 Å². The van der Waals surface area contributed by atoms with Crippen LogP contribution in [-0.4, -0.2) is 46.5 Å². The Morgan fingerprint density at radius 3 is 2.38 bits per heavy atom. The molecular formula is C24H23ClN2O4S. The van der Waals surface area contributed by atoms with Crippen molar-refractivity contribution in [1.29, 1.82) is 0 Å². The number of nitrogens with zero attached hydrogens (tertiary/aromatic N) is 2. The first-order valence-electron chi connectivity index (χ1n) is 10.5. The molecule has 0 spiro atoms. The van der Waals surface area contributed by atoms with E-state index in [9.17, 15) is 14.4 Å². The molecule has 0 bridgehead atoms. The van der Waals surface area contributed by atoms with Crippen LogP contribution in [0.15, 0.2) is 53.4 Å². The van der Waals surface area contributed by atoms with Crippen molar-refractivity contribution in [3.05, 3.63) is 69.6 Å². The molecule has 2 aromatic carbocycles. The molecule has 32 heavy (non-hydrogen) atoms. The van der Waals surface area contributed by atoms with Crippen LogP contribution in [0.3, 0.4) is 0 Å². The number of imide groups is 1. The lowest BCUT2D eigenvalue weighted by atomic mass is 10.1. The highest BCUT2D eigenvalue weighted by atomic mass is 35.5. The molecule has 0 unspecified atom stereocenters. The number of rotatable bonds is 6.